The maximum atomic E-state index is 5.35. The van der Waals surface area contributed by atoms with Crippen LogP contribution in [-0.4, -0.2) is 33.8 Å². The quantitative estimate of drug-likeness (QED) is 0.255. The van der Waals surface area contributed by atoms with Gasteiger partial charge in [0.2, 0.25) is 0 Å². The Hall–Kier alpha value is -1.48. The Balaban J connectivity index is 0.00000338. The van der Waals surface area contributed by atoms with Gasteiger partial charge in [-0.25, -0.2) is 0 Å². The SMILES string of the molecule is CN=C(NCCCc1ccc(OC)c(OC)c1)NCc1sccc1C.I. The second-order valence-electron chi connectivity index (χ2n) is 5.67. The molecule has 1 aromatic carbocycles. The maximum absolute atomic E-state index is 5.35. The molecule has 1 aromatic heterocycles. The van der Waals surface area contributed by atoms with Crippen LogP contribution in [0.3, 0.4) is 0 Å². The van der Waals surface area contributed by atoms with E-state index in [1.807, 2.05) is 12.1 Å². The van der Waals surface area contributed by atoms with E-state index in [0.29, 0.717) is 0 Å². The minimum absolute atomic E-state index is 0. The summed E-state index contributed by atoms with van der Waals surface area (Å²) in [5.41, 5.74) is 2.55. The summed E-state index contributed by atoms with van der Waals surface area (Å²) in [4.78, 5) is 5.62. The van der Waals surface area contributed by atoms with Crippen LogP contribution in [0.25, 0.3) is 0 Å². The average molecular weight is 489 g/mol. The first-order chi connectivity index (χ1) is 12.2. The molecule has 0 spiro atoms. The molecule has 2 N–H and O–H groups in total. The summed E-state index contributed by atoms with van der Waals surface area (Å²) in [6, 6.07) is 8.20. The Morgan fingerprint density at radius 3 is 2.50 bits per heavy atom. The standard InChI is InChI=1S/C19H27N3O2S.HI/c1-14-9-11-25-18(14)13-22-19(20-2)21-10-5-6-15-7-8-16(23-3)17(12-15)24-4;/h7-9,11-12H,5-6,10,13H2,1-4H3,(H2,20,21,22);1H. The molecule has 7 heteroatoms. The number of ether oxygens (including phenoxy) is 2. The Labute approximate surface area is 177 Å². The first-order valence-electron chi connectivity index (χ1n) is 8.36. The van der Waals surface area contributed by atoms with Gasteiger partial charge in [-0.3, -0.25) is 4.99 Å². The first-order valence-corrected chi connectivity index (χ1v) is 9.24. The summed E-state index contributed by atoms with van der Waals surface area (Å²) in [6.07, 6.45) is 1.97. The number of thiophene rings is 1. The summed E-state index contributed by atoms with van der Waals surface area (Å²) < 4.78 is 10.6. The number of benzene rings is 1. The van der Waals surface area contributed by atoms with Gasteiger partial charge in [0.1, 0.15) is 0 Å². The summed E-state index contributed by atoms with van der Waals surface area (Å²) >= 11 is 1.77. The molecule has 0 atom stereocenters. The van der Waals surface area contributed by atoms with Gasteiger partial charge in [0.15, 0.2) is 17.5 Å². The maximum Gasteiger partial charge on any atom is 0.191 e. The van der Waals surface area contributed by atoms with Gasteiger partial charge >= 0.3 is 0 Å². The summed E-state index contributed by atoms with van der Waals surface area (Å²) in [7, 11) is 5.11. The van der Waals surface area contributed by atoms with E-state index in [4.69, 9.17) is 9.47 Å². The average Bonchev–Trinajstić information content (AvgIpc) is 3.05. The van der Waals surface area contributed by atoms with Crippen molar-refractivity contribution < 1.29 is 9.47 Å². The number of nitrogens with one attached hydrogen (secondary N) is 2. The number of hydrogen-bond acceptors (Lipinski definition) is 4. The molecule has 2 aromatic rings. The van der Waals surface area contributed by atoms with Gasteiger partial charge in [0.05, 0.1) is 20.8 Å². The Kier molecular flexibility index (Phi) is 10.4. The molecule has 0 aliphatic heterocycles. The molecule has 0 aliphatic carbocycles. The molecule has 2 rings (SSSR count). The lowest BCUT2D eigenvalue weighted by atomic mass is 10.1. The van der Waals surface area contributed by atoms with Gasteiger partial charge in [0.25, 0.3) is 0 Å². The lowest BCUT2D eigenvalue weighted by molar-refractivity contribution is 0.354. The van der Waals surface area contributed by atoms with Crippen LogP contribution < -0.4 is 20.1 Å². The van der Waals surface area contributed by atoms with E-state index in [1.165, 1.54) is 16.0 Å². The fourth-order valence-electron chi connectivity index (χ4n) is 2.51. The van der Waals surface area contributed by atoms with E-state index in [1.54, 1.807) is 32.6 Å². The second kappa shape index (κ2) is 12.0. The van der Waals surface area contributed by atoms with Crippen LogP contribution in [0.2, 0.25) is 0 Å². The van der Waals surface area contributed by atoms with Crippen LogP contribution in [0, 0.1) is 6.92 Å². The van der Waals surface area contributed by atoms with E-state index in [-0.39, 0.29) is 24.0 Å². The normalized spacial score (nSPS) is 10.8. The number of aliphatic imine (C=N–C) groups is 1. The molecule has 0 amide bonds. The minimum atomic E-state index is 0. The van der Waals surface area contributed by atoms with Gasteiger partial charge < -0.3 is 20.1 Å². The predicted molar refractivity (Wildman–Crippen MR) is 121 cm³/mol. The molecule has 0 radical (unpaired) electrons. The van der Waals surface area contributed by atoms with Crippen molar-refractivity contribution in [3.05, 3.63) is 45.6 Å². The van der Waals surface area contributed by atoms with Crippen molar-refractivity contribution >= 4 is 41.3 Å². The number of aryl methyl sites for hydroxylation is 2. The Morgan fingerprint density at radius 2 is 1.88 bits per heavy atom. The van der Waals surface area contributed by atoms with Crippen molar-refractivity contribution in [1.82, 2.24) is 10.6 Å². The van der Waals surface area contributed by atoms with Crippen molar-refractivity contribution in [2.75, 3.05) is 27.8 Å². The van der Waals surface area contributed by atoms with E-state index in [9.17, 15) is 0 Å². The smallest absolute Gasteiger partial charge is 0.191 e. The molecule has 5 nitrogen and oxygen atoms in total. The monoisotopic (exact) mass is 489 g/mol. The second-order valence-corrected chi connectivity index (χ2v) is 6.67. The highest BCUT2D eigenvalue weighted by atomic mass is 127. The zero-order chi connectivity index (χ0) is 18.1. The highest BCUT2D eigenvalue weighted by Crippen LogP contribution is 2.27. The lowest BCUT2D eigenvalue weighted by Gasteiger charge is -2.12. The summed E-state index contributed by atoms with van der Waals surface area (Å²) in [6.45, 7) is 3.79. The largest absolute Gasteiger partial charge is 0.493 e. The van der Waals surface area contributed by atoms with Crippen LogP contribution in [0.1, 0.15) is 22.4 Å². The van der Waals surface area contributed by atoms with E-state index < -0.39 is 0 Å². The predicted octanol–water partition coefficient (Wildman–Crippen LogP) is 3.99. The van der Waals surface area contributed by atoms with E-state index >= 15 is 0 Å². The highest BCUT2D eigenvalue weighted by Gasteiger charge is 2.05. The third-order valence-corrected chi connectivity index (χ3v) is 5.01. The van der Waals surface area contributed by atoms with Crippen LogP contribution in [0.5, 0.6) is 11.5 Å². The number of rotatable bonds is 8. The fourth-order valence-corrected chi connectivity index (χ4v) is 3.35. The van der Waals surface area contributed by atoms with Gasteiger partial charge in [-0.05, 0) is 54.5 Å². The lowest BCUT2D eigenvalue weighted by Crippen LogP contribution is -2.37. The molecule has 0 bridgehead atoms. The molecule has 0 saturated heterocycles. The van der Waals surface area contributed by atoms with E-state index in [0.717, 1.165) is 43.4 Å². The molecular formula is C19H28IN3O2S. The first kappa shape index (κ1) is 22.6. The third kappa shape index (κ3) is 6.68. The van der Waals surface area contributed by atoms with Crippen molar-refractivity contribution in [3.63, 3.8) is 0 Å². The topological polar surface area (TPSA) is 54.9 Å². The fraction of sp³-hybridized carbons (Fsp3) is 0.421. The van der Waals surface area contributed by atoms with Crippen molar-refractivity contribution in [3.8, 4) is 11.5 Å². The highest BCUT2D eigenvalue weighted by molar-refractivity contribution is 14.0. The molecular weight excluding hydrogens is 461 g/mol. The van der Waals surface area contributed by atoms with Crippen LogP contribution in [-0.2, 0) is 13.0 Å². The molecule has 1 heterocycles. The zero-order valence-electron chi connectivity index (χ0n) is 15.8. The van der Waals surface area contributed by atoms with Crippen molar-refractivity contribution in [2.24, 2.45) is 4.99 Å². The van der Waals surface area contributed by atoms with Gasteiger partial charge in [-0.1, -0.05) is 6.07 Å². The van der Waals surface area contributed by atoms with Crippen molar-refractivity contribution in [2.45, 2.75) is 26.3 Å². The van der Waals surface area contributed by atoms with E-state index in [2.05, 4.69) is 40.1 Å². The molecule has 144 valence electrons. The molecule has 26 heavy (non-hydrogen) atoms. The minimum Gasteiger partial charge on any atom is -0.493 e. The summed E-state index contributed by atoms with van der Waals surface area (Å²) in [5, 5.41) is 8.83. The number of guanidine groups is 1. The number of halogens is 1. The zero-order valence-corrected chi connectivity index (χ0v) is 18.9. The van der Waals surface area contributed by atoms with Crippen LogP contribution in [0.4, 0.5) is 0 Å². The van der Waals surface area contributed by atoms with Crippen LogP contribution >= 0.6 is 35.3 Å². The summed E-state index contributed by atoms with van der Waals surface area (Å²) in [5.74, 6) is 2.37. The molecule has 0 fully saturated rings. The Bertz CT molecular complexity index is 704. The third-order valence-electron chi connectivity index (χ3n) is 3.99. The number of hydrogen-bond donors (Lipinski definition) is 2. The number of nitrogens with zero attached hydrogens (tertiary/aromatic N) is 1. The molecule has 0 saturated carbocycles. The van der Waals surface area contributed by atoms with Gasteiger partial charge in [-0.2, -0.15) is 0 Å². The van der Waals surface area contributed by atoms with Gasteiger partial charge in [0, 0.05) is 18.5 Å². The molecule has 0 aliphatic rings. The van der Waals surface area contributed by atoms with Gasteiger partial charge in [-0.15, -0.1) is 35.3 Å². The number of methoxy groups -OCH3 is 2. The Morgan fingerprint density at radius 1 is 1.12 bits per heavy atom. The van der Waals surface area contributed by atoms with Crippen LogP contribution in [0.15, 0.2) is 34.6 Å². The molecule has 0 unspecified atom stereocenters. The van der Waals surface area contributed by atoms with Crippen molar-refractivity contribution in [1.29, 1.82) is 0 Å².